The van der Waals surface area contributed by atoms with E-state index in [1.807, 2.05) is 19.1 Å². The average Bonchev–Trinajstić information content (AvgIpc) is 2.39. The molecule has 0 atom stereocenters. The second-order valence-corrected chi connectivity index (χ2v) is 4.40. The molecule has 1 aromatic rings. The van der Waals surface area contributed by atoms with Crippen LogP contribution in [-0.4, -0.2) is 34.8 Å². The van der Waals surface area contributed by atoms with E-state index >= 15 is 0 Å². The number of hydrogen-bond acceptors (Lipinski definition) is 4. The molecule has 0 saturated heterocycles. The van der Waals surface area contributed by atoms with Crippen LogP contribution in [0.3, 0.4) is 0 Å². The summed E-state index contributed by atoms with van der Waals surface area (Å²) in [5.74, 6) is -1.34. The van der Waals surface area contributed by atoms with Gasteiger partial charge >= 0.3 is 29.6 Å². The number of aryl methyl sites for hydroxylation is 1. The first-order valence-electron chi connectivity index (χ1n) is 6.50. The molecule has 1 rings (SSSR count). The molecule has 0 aliphatic carbocycles. The summed E-state index contributed by atoms with van der Waals surface area (Å²) in [6.45, 7) is 2.05. The fourth-order valence-electron chi connectivity index (χ4n) is 1.87. The third-order valence-corrected chi connectivity index (χ3v) is 2.77. The minimum atomic E-state index is -1.21. The third kappa shape index (κ3) is 7.62. The van der Waals surface area contributed by atoms with E-state index in [0.717, 1.165) is 18.4 Å². The van der Waals surface area contributed by atoms with Crippen LogP contribution >= 0.6 is 0 Å². The molecule has 5 nitrogen and oxygen atoms in total. The van der Waals surface area contributed by atoms with Crippen molar-refractivity contribution in [3.05, 3.63) is 30.1 Å². The summed E-state index contributed by atoms with van der Waals surface area (Å²) in [6.07, 6.45) is 6.03. The van der Waals surface area contributed by atoms with E-state index in [1.165, 1.54) is 4.90 Å². The topological polar surface area (TPSA) is 73.3 Å². The van der Waals surface area contributed by atoms with Crippen LogP contribution in [0.1, 0.15) is 31.7 Å². The zero-order valence-corrected chi connectivity index (χ0v) is 14.2. The van der Waals surface area contributed by atoms with Gasteiger partial charge in [0.25, 0.3) is 0 Å². The van der Waals surface area contributed by atoms with Crippen molar-refractivity contribution in [3.8, 4) is 0 Å². The minimum Gasteiger partial charge on any atom is -0.548 e. The van der Waals surface area contributed by atoms with Gasteiger partial charge in [-0.25, -0.2) is 0 Å². The second-order valence-electron chi connectivity index (χ2n) is 4.40. The molecule has 0 aliphatic rings. The Bertz CT molecular complexity index is 412. The number of carboxylic acids is 1. The Hall–Kier alpha value is -0.910. The van der Waals surface area contributed by atoms with E-state index in [0.29, 0.717) is 19.4 Å². The fraction of sp³-hybridized carbons (Fsp3) is 0.500. The molecule has 0 N–H and O–H groups in total. The van der Waals surface area contributed by atoms with Crippen molar-refractivity contribution in [1.29, 1.82) is 0 Å². The normalized spacial score (nSPS) is 9.65. The van der Waals surface area contributed by atoms with Crippen LogP contribution in [0.4, 0.5) is 0 Å². The van der Waals surface area contributed by atoms with Crippen molar-refractivity contribution in [2.75, 3.05) is 13.1 Å². The number of pyridine rings is 1. The summed E-state index contributed by atoms with van der Waals surface area (Å²) < 4.78 is 0. The maximum absolute atomic E-state index is 11.9. The number of carbonyl (C=O) groups excluding carboxylic acids is 2. The SMILES string of the molecule is CCCN(CC(=O)[O-])C(=O)CCCc1ccncc1.[Na+]. The van der Waals surface area contributed by atoms with Gasteiger partial charge in [-0.1, -0.05) is 6.92 Å². The van der Waals surface area contributed by atoms with Gasteiger partial charge in [-0.05, 0) is 37.0 Å². The van der Waals surface area contributed by atoms with Gasteiger partial charge in [0.15, 0.2) is 0 Å². The number of aliphatic carboxylic acids is 1. The third-order valence-electron chi connectivity index (χ3n) is 2.77. The molecule has 1 amide bonds. The molecule has 0 fully saturated rings. The number of carbonyl (C=O) groups is 2. The summed E-state index contributed by atoms with van der Waals surface area (Å²) in [7, 11) is 0. The van der Waals surface area contributed by atoms with Gasteiger partial charge in [-0.15, -0.1) is 0 Å². The molecule has 1 heterocycles. The summed E-state index contributed by atoms with van der Waals surface area (Å²) in [5.41, 5.74) is 1.13. The zero-order valence-electron chi connectivity index (χ0n) is 12.2. The number of amides is 1. The Labute approximate surface area is 141 Å². The summed E-state index contributed by atoms with van der Waals surface area (Å²) >= 11 is 0. The number of aromatic nitrogens is 1. The molecule has 0 radical (unpaired) electrons. The molecule has 1 aromatic heterocycles. The van der Waals surface area contributed by atoms with Crippen molar-refractivity contribution in [2.24, 2.45) is 0 Å². The van der Waals surface area contributed by atoms with Crippen LogP contribution < -0.4 is 34.7 Å². The molecule has 0 aliphatic heterocycles. The van der Waals surface area contributed by atoms with Crippen LogP contribution in [0, 0.1) is 0 Å². The predicted molar refractivity (Wildman–Crippen MR) is 69.1 cm³/mol. The van der Waals surface area contributed by atoms with Crippen molar-refractivity contribution < 1.29 is 44.3 Å². The number of nitrogens with zero attached hydrogens (tertiary/aromatic N) is 2. The monoisotopic (exact) mass is 286 g/mol. The minimum absolute atomic E-state index is 0. The zero-order chi connectivity index (χ0) is 14.1. The van der Waals surface area contributed by atoms with E-state index < -0.39 is 5.97 Å². The van der Waals surface area contributed by atoms with Crippen molar-refractivity contribution in [2.45, 2.75) is 32.6 Å². The Morgan fingerprint density at radius 1 is 1.30 bits per heavy atom. The van der Waals surface area contributed by atoms with Crippen molar-refractivity contribution in [1.82, 2.24) is 9.88 Å². The van der Waals surface area contributed by atoms with Crippen LogP contribution in [0.2, 0.25) is 0 Å². The van der Waals surface area contributed by atoms with Gasteiger partial charge in [0.05, 0.1) is 12.5 Å². The Balaban J connectivity index is 0.00000361. The maximum atomic E-state index is 11.9. The predicted octanol–water partition coefficient (Wildman–Crippen LogP) is -2.60. The van der Waals surface area contributed by atoms with Crippen LogP contribution in [0.15, 0.2) is 24.5 Å². The van der Waals surface area contributed by atoms with E-state index in [2.05, 4.69) is 4.98 Å². The molecular weight excluding hydrogens is 267 g/mol. The van der Waals surface area contributed by atoms with E-state index in [9.17, 15) is 14.7 Å². The van der Waals surface area contributed by atoms with Gasteiger partial charge in [0.1, 0.15) is 0 Å². The standard InChI is InChI=1S/C14H20N2O3.Na/c1-2-10-16(11-14(18)19)13(17)5-3-4-12-6-8-15-9-7-12;/h6-9H,2-5,10-11H2,1H3,(H,18,19);/q;+1/p-1. The van der Waals surface area contributed by atoms with E-state index in [4.69, 9.17) is 0 Å². The number of carboxylic acid groups (broad SMARTS) is 1. The Morgan fingerprint density at radius 2 is 1.95 bits per heavy atom. The Kier molecular flexibility index (Phi) is 10.3. The van der Waals surface area contributed by atoms with Gasteiger partial charge < -0.3 is 14.8 Å². The average molecular weight is 286 g/mol. The Morgan fingerprint density at radius 3 is 2.50 bits per heavy atom. The molecule has 0 bridgehead atoms. The van der Waals surface area contributed by atoms with Crippen LogP contribution in [0.25, 0.3) is 0 Å². The van der Waals surface area contributed by atoms with Crippen LogP contribution in [-0.2, 0) is 16.0 Å². The van der Waals surface area contributed by atoms with Gasteiger partial charge in [-0.2, -0.15) is 0 Å². The first-order chi connectivity index (χ1) is 9.13. The molecule has 104 valence electrons. The first-order valence-corrected chi connectivity index (χ1v) is 6.50. The van der Waals surface area contributed by atoms with Gasteiger partial charge in [-0.3, -0.25) is 9.78 Å². The van der Waals surface area contributed by atoms with Gasteiger partial charge in [0.2, 0.25) is 5.91 Å². The molecule has 0 spiro atoms. The first kappa shape index (κ1) is 19.1. The summed E-state index contributed by atoms with van der Waals surface area (Å²) in [4.78, 5) is 27.7. The fourth-order valence-corrected chi connectivity index (χ4v) is 1.87. The van der Waals surface area contributed by atoms with Crippen LogP contribution in [0.5, 0.6) is 0 Å². The summed E-state index contributed by atoms with van der Waals surface area (Å²) in [5, 5.41) is 10.6. The molecule has 6 heteroatoms. The van der Waals surface area contributed by atoms with Crippen molar-refractivity contribution >= 4 is 11.9 Å². The van der Waals surface area contributed by atoms with Crippen molar-refractivity contribution in [3.63, 3.8) is 0 Å². The molecule has 0 unspecified atom stereocenters. The maximum Gasteiger partial charge on any atom is 1.00 e. The molecule has 20 heavy (non-hydrogen) atoms. The molecule has 0 saturated carbocycles. The molecular formula is C14H19N2NaO3. The summed E-state index contributed by atoms with van der Waals surface area (Å²) in [6, 6.07) is 3.82. The second kappa shape index (κ2) is 10.8. The van der Waals surface area contributed by atoms with Gasteiger partial charge in [0, 0.05) is 25.4 Å². The van der Waals surface area contributed by atoms with E-state index in [1.54, 1.807) is 12.4 Å². The number of hydrogen-bond donors (Lipinski definition) is 0. The number of rotatable bonds is 8. The van der Waals surface area contributed by atoms with E-state index in [-0.39, 0.29) is 42.0 Å². The smallest absolute Gasteiger partial charge is 0.548 e. The largest absolute Gasteiger partial charge is 1.00 e. The molecule has 0 aromatic carbocycles. The quantitative estimate of drug-likeness (QED) is 0.491.